The SMILES string of the molecule is C#Cc1cc2c(cc1C(=O)OC)N(CCNC(=O)OCc1ccccc1)C(=O)[C@@H](C)O2. The van der Waals surface area contributed by atoms with Crippen LogP contribution in [0.3, 0.4) is 0 Å². The van der Waals surface area contributed by atoms with Gasteiger partial charge in [-0.15, -0.1) is 6.42 Å². The number of rotatable bonds is 6. The number of hydrogen-bond acceptors (Lipinski definition) is 6. The van der Waals surface area contributed by atoms with Crippen LogP contribution in [0.5, 0.6) is 5.75 Å². The summed E-state index contributed by atoms with van der Waals surface area (Å²) in [7, 11) is 1.24. The molecule has 1 N–H and O–H groups in total. The van der Waals surface area contributed by atoms with Crippen molar-refractivity contribution in [3.63, 3.8) is 0 Å². The summed E-state index contributed by atoms with van der Waals surface area (Å²) in [6.07, 6.45) is 4.16. The lowest BCUT2D eigenvalue weighted by Crippen LogP contribution is -2.47. The third-order valence-electron chi connectivity index (χ3n) is 4.69. The molecule has 160 valence electrons. The molecule has 1 aliphatic rings. The monoisotopic (exact) mass is 422 g/mol. The van der Waals surface area contributed by atoms with Gasteiger partial charge in [-0.25, -0.2) is 9.59 Å². The molecule has 2 aromatic rings. The van der Waals surface area contributed by atoms with Crippen LogP contribution in [0.25, 0.3) is 0 Å². The van der Waals surface area contributed by atoms with Crippen molar-refractivity contribution in [3.05, 3.63) is 59.2 Å². The number of terminal acetylenes is 1. The highest BCUT2D eigenvalue weighted by Gasteiger charge is 2.33. The van der Waals surface area contributed by atoms with Crippen LogP contribution in [0.2, 0.25) is 0 Å². The van der Waals surface area contributed by atoms with Gasteiger partial charge in [0.1, 0.15) is 12.4 Å². The molecule has 1 atom stereocenters. The minimum Gasteiger partial charge on any atom is -0.479 e. The van der Waals surface area contributed by atoms with Gasteiger partial charge in [-0.3, -0.25) is 4.79 Å². The zero-order valence-corrected chi connectivity index (χ0v) is 17.2. The predicted octanol–water partition coefficient (Wildman–Crippen LogP) is 2.49. The number of carbonyl (C=O) groups is 3. The minimum absolute atomic E-state index is 0.135. The Bertz CT molecular complexity index is 1030. The Morgan fingerprint density at radius 1 is 1.26 bits per heavy atom. The summed E-state index contributed by atoms with van der Waals surface area (Å²) in [5.41, 5.74) is 1.69. The maximum Gasteiger partial charge on any atom is 0.407 e. The van der Waals surface area contributed by atoms with Crippen LogP contribution in [0.1, 0.15) is 28.4 Å². The average Bonchev–Trinajstić information content (AvgIpc) is 2.79. The first-order chi connectivity index (χ1) is 14.9. The lowest BCUT2D eigenvalue weighted by atomic mass is 10.0. The molecule has 0 radical (unpaired) electrons. The van der Waals surface area contributed by atoms with Crippen LogP contribution in [0, 0.1) is 12.3 Å². The maximum atomic E-state index is 12.7. The highest BCUT2D eigenvalue weighted by Crippen LogP contribution is 2.36. The molecule has 2 aromatic carbocycles. The summed E-state index contributed by atoms with van der Waals surface area (Å²) in [6, 6.07) is 12.3. The average molecular weight is 422 g/mol. The van der Waals surface area contributed by atoms with Gasteiger partial charge in [0.25, 0.3) is 5.91 Å². The number of carbonyl (C=O) groups excluding carboxylic acids is 3. The van der Waals surface area contributed by atoms with E-state index >= 15 is 0 Å². The summed E-state index contributed by atoms with van der Waals surface area (Å²) in [5, 5.41) is 2.62. The Morgan fingerprint density at radius 3 is 2.68 bits per heavy atom. The van der Waals surface area contributed by atoms with E-state index in [0.717, 1.165) is 5.56 Å². The molecule has 31 heavy (non-hydrogen) atoms. The number of anilines is 1. The largest absolute Gasteiger partial charge is 0.479 e. The van der Waals surface area contributed by atoms with Gasteiger partial charge in [-0.1, -0.05) is 36.3 Å². The van der Waals surface area contributed by atoms with Crippen molar-refractivity contribution in [1.82, 2.24) is 5.32 Å². The molecule has 0 saturated heterocycles. The fourth-order valence-electron chi connectivity index (χ4n) is 3.13. The highest BCUT2D eigenvalue weighted by molar-refractivity contribution is 6.02. The van der Waals surface area contributed by atoms with Crippen molar-refractivity contribution in [2.45, 2.75) is 19.6 Å². The van der Waals surface area contributed by atoms with E-state index in [1.54, 1.807) is 6.92 Å². The van der Waals surface area contributed by atoms with Gasteiger partial charge in [0.15, 0.2) is 6.10 Å². The fraction of sp³-hybridized carbons (Fsp3) is 0.261. The molecule has 0 bridgehead atoms. The van der Waals surface area contributed by atoms with Crippen LogP contribution >= 0.6 is 0 Å². The van der Waals surface area contributed by atoms with E-state index < -0.39 is 18.2 Å². The molecule has 8 nitrogen and oxygen atoms in total. The number of ether oxygens (including phenoxy) is 3. The van der Waals surface area contributed by atoms with Crippen molar-refractivity contribution in [2.24, 2.45) is 0 Å². The molecule has 2 amide bonds. The van der Waals surface area contributed by atoms with Crippen LogP contribution in [-0.2, 0) is 20.9 Å². The molecule has 0 unspecified atom stereocenters. The minimum atomic E-state index is -0.743. The normalized spacial score (nSPS) is 14.7. The van der Waals surface area contributed by atoms with Crippen LogP contribution in [0.15, 0.2) is 42.5 Å². The summed E-state index contributed by atoms with van der Waals surface area (Å²) in [4.78, 5) is 38.2. The molecular formula is C23H22N2O6. The molecule has 0 spiro atoms. The van der Waals surface area contributed by atoms with Crippen molar-refractivity contribution in [1.29, 1.82) is 0 Å². The lowest BCUT2D eigenvalue weighted by molar-refractivity contribution is -0.125. The van der Waals surface area contributed by atoms with E-state index in [0.29, 0.717) is 17.0 Å². The molecule has 8 heteroatoms. The molecule has 0 aromatic heterocycles. The molecule has 1 heterocycles. The first-order valence-corrected chi connectivity index (χ1v) is 9.60. The maximum absolute atomic E-state index is 12.7. The number of nitrogens with zero attached hydrogens (tertiary/aromatic N) is 1. The van der Waals surface area contributed by atoms with Gasteiger partial charge in [0, 0.05) is 18.7 Å². The molecule has 0 fully saturated rings. The van der Waals surface area contributed by atoms with Crippen molar-refractivity contribution in [2.75, 3.05) is 25.1 Å². The Hall–Kier alpha value is -3.99. The lowest BCUT2D eigenvalue weighted by Gasteiger charge is -2.33. The predicted molar refractivity (Wildman–Crippen MR) is 113 cm³/mol. The summed E-state index contributed by atoms with van der Waals surface area (Å²) >= 11 is 0. The van der Waals surface area contributed by atoms with Gasteiger partial charge < -0.3 is 24.4 Å². The van der Waals surface area contributed by atoms with E-state index in [4.69, 9.17) is 20.6 Å². The second-order valence-electron chi connectivity index (χ2n) is 6.74. The number of alkyl carbamates (subject to hydrolysis) is 1. The van der Waals surface area contributed by atoms with Crippen LogP contribution in [-0.4, -0.2) is 44.3 Å². The molecule has 0 aliphatic carbocycles. The second-order valence-corrected chi connectivity index (χ2v) is 6.74. The number of hydrogen-bond donors (Lipinski definition) is 1. The van der Waals surface area contributed by atoms with Gasteiger partial charge in [0.05, 0.1) is 18.4 Å². The standard InChI is InChI=1S/C23H22N2O6/c1-4-17-12-20-19(13-18(17)22(27)29-3)25(21(26)15(2)31-20)11-10-24-23(28)30-14-16-8-6-5-7-9-16/h1,5-9,12-13,15H,10-11,14H2,2-3H3,(H,24,28)/t15-/m1/s1. The quantitative estimate of drug-likeness (QED) is 0.568. The van der Waals surface area contributed by atoms with Crippen molar-refractivity contribution >= 4 is 23.7 Å². The van der Waals surface area contributed by atoms with Gasteiger partial charge in [-0.05, 0) is 24.6 Å². The van der Waals surface area contributed by atoms with Gasteiger partial charge >= 0.3 is 12.1 Å². The van der Waals surface area contributed by atoms with E-state index in [1.807, 2.05) is 30.3 Å². The number of esters is 1. The molecule has 1 aliphatic heterocycles. The Kier molecular flexibility index (Phi) is 6.78. The zero-order chi connectivity index (χ0) is 22.4. The summed E-state index contributed by atoms with van der Waals surface area (Å²) in [6.45, 7) is 2.04. The van der Waals surface area contributed by atoms with E-state index in [2.05, 4.69) is 11.2 Å². The second kappa shape index (κ2) is 9.67. The topological polar surface area (TPSA) is 94.2 Å². The Morgan fingerprint density at radius 2 is 2.00 bits per heavy atom. The molecule has 0 saturated carbocycles. The van der Waals surface area contributed by atoms with Crippen molar-refractivity contribution in [3.8, 4) is 18.1 Å². The zero-order valence-electron chi connectivity index (χ0n) is 17.2. The Labute approximate surface area is 180 Å². The smallest absolute Gasteiger partial charge is 0.407 e. The molecular weight excluding hydrogens is 400 g/mol. The third kappa shape index (κ3) is 4.95. The Balaban J connectivity index is 1.69. The third-order valence-corrected chi connectivity index (χ3v) is 4.69. The van der Waals surface area contributed by atoms with E-state index in [1.165, 1.54) is 24.1 Å². The van der Waals surface area contributed by atoms with E-state index in [9.17, 15) is 14.4 Å². The fourth-order valence-corrected chi connectivity index (χ4v) is 3.13. The van der Waals surface area contributed by atoms with Crippen LogP contribution < -0.4 is 15.0 Å². The van der Waals surface area contributed by atoms with Crippen LogP contribution in [0.4, 0.5) is 10.5 Å². The summed E-state index contributed by atoms with van der Waals surface area (Å²) < 4.78 is 15.6. The number of amides is 2. The number of nitrogens with one attached hydrogen (secondary N) is 1. The van der Waals surface area contributed by atoms with E-state index in [-0.39, 0.29) is 31.2 Å². The van der Waals surface area contributed by atoms with Gasteiger partial charge in [0.2, 0.25) is 0 Å². The molecule has 3 rings (SSSR count). The number of fused-ring (bicyclic) bond motifs is 1. The number of benzene rings is 2. The first-order valence-electron chi connectivity index (χ1n) is 9.60. The first kappa shape index (κ1) is 21.7. The van der Waals surface area contributed by atoms with Gasteiger partial charge in [-0.2, -0.15) is 0 Å². The summed E-state index contributed by atoms with van der Waals surface area (Å²) in [5.74, 6) is 1.87. The number of methoxy groups -OCH3 is 1. The highest BCUT2D eigenvalue weighted by atomic mass is 16.5. The van der Waals surface area contributed by atoms with Crippen molar-refractivity contribution < 1.29 is 28.6 Å².